The van der Waals surface area contributed by atoms with Crippen molar-refractivity contribution in [2.24, 2.45) is 5.92 Å². The zero-order valence-electron chi connectivity index (χ0n) is 15.8. The van der Waals surface area contributed by atoms with Crippen LogP contribution in [0, 0.1) is 5.92 Å². The molecule has 1 aliphatic rings. The monoisotopic (exact) mass is 444 g/mol. The quantitative estimate of drug-likeness (QED) is 0.618. The Hall–Kier alpha value is -0.920. The third-order valence-corrected chi connectivity index (χ3v) is 7.41. The van der Waals surface area contributed by atoms with Gasteiger partial charge in [-0.25, -0.2) is 13.1 Å². The summed E-state index contributed by atoms with van der Waals surface area (Å²) in [6, 6.07) is 3.47. The van der Waals surface area contributed by atoms with Gasteiger partial charge in [0.15, 0.2) is 0 Å². The van der Waals surface area contributed by atoms with Crippen LogP contribution in [0.3, 0.4) is 0 Å². The molecule has 0 aliphatic carbocycles. The van der Waals surface area contributed by atoms with Gasteiger partial charge in [0.05, 0.1) is 4.90 Å². The highest BCUT2D eigenvalue weighted by Crippen LogP contribution is 2.35. The molecule has 146 valence electrons. The van der Waals surface area contributed by atoms with Crippen molar-refractivity contribution in [2.45, 2.75) is 64.2 Å². The molecule has 5 nitrogen and oxygen atoms in total. The third-order valence-electron chi connectivity index (χ3n) is 5.03. The summed E-state index contributed by atoms with van der Waals surface area (Å²) < 4.78 is 29.0. The first-order chi connectivity index (χ1) is 12.3. The van der Waals surface area contributed by atoms with Crippen LogP contribution < -0.4 is 9.62 Å². The number of nitrogens with zero attached hydrogens (tertiary/aromatic N) is 1. The second-order valence-electron chi connectivity index (χ2n) is 6.83. The van der Waals surface area contributed by atoms with Gasteiger partial charge in [-0.05, 0) is 52.4 Å². The van der Waals surface area contributed by atoms with Gasteiger partial charge in [-0.2, -0.15) is 0 Å². The Bertz CT molecular complexity index is 749. The molecule has 0 aromatic heterocycles. The normalized spacial score (nSPS) is 15.2. The van der Waals surface area contributed by atoms with Crippen LogP contribution in [0.4, 0.5) is 5.69 Å². The Labute approximate surface area is 165 Å². The van der Waals surface area contributed by atoms with Crippen molar-refractivity contribution >= 4 is 37.5 Å². The van der Waals surface area contributed by atoms with Crippen LogP contribution >= 0.6 is 15.9 Å². The number of benzene rings is 1. The minimum atomic E-state index is -3.63. The number of halogens is 1. The number of fused-ring (bicyclic) bond motifs is 1. The number of hydrogen-bond donors (Lipinski definition) is 1. The third kappa shape index (κ3) is 4.87. The average Bonchev–Trinajstić information content (AvgIpc) is 3.03. The van der Waals surface area contributed by atoms with Crippen molar-refractivity contribution in [1.29, 1.82) is 0 Å². The maximum Gasteiger partial charge on any atom is 0.241 e. The molecule has 0 saturated heterocycles. The SMILES string of the molecule is CCCCC(CC)CNS(=O)(=O)c1cc2c(cc1Br)CCN2C(=O)CC. The lowest BCUT2D eigenvalue weighted by Gasteiger charge is -2.19. The Balaban J connectivity index is 2.23. The molecule has 1 atom stereocenters. The van der Waals surface area contributed by atoms with Crippen molar-refractivity contribution < 1.29 is 13.2 Å². The molecule has 1 aromatic carbocycles. The molecule has 0 fully saturated rings. The summed E-state index contributed by atoms with van der Waals surface area (Å²) >= 11 is 3.40. The molecule has 0 spiro atoms. The van der Waals surface area contributed by atoms with Crippen LogP contribution in [0.15, 0.2) is 21.5 Å². The lowest BCUT2D eigenvalue weighted by Crippen LogP contribution is -2.30. The molecule has 1 aliphatic heterocycles. The molecule has 1 N–H and O–H groups in total. The van der Waals surface area contributed by atoms with Crippen molar-refractivity contribution in [1.82, 2.24) is 4.72 Å². The van der Waals surface area contributed by atoms with Gasteiger partial charge >= 0.3 is 0 Å². The molecule has 1 amide bonds. The van der Waals surface area contributed by atoms with E-state index >= 15 is 0 Å². The average molecular weight is 445 g/mol. The van der Waals surface area contributed by atoms with E-state index in [0.29, 0.717) is 29.9 Å². The molecule has 0 saturated carbocycles. The van der Waals surface area contributed by atoms with E-state index in [1.54, 1.807) is 11.0 Å². The van der Waals surface area contributed by atoms with E-state index in [2.05, 4.69) is 34.5 Å². The van der Waals surface area contributed by atoms with Crippen molar-refractivity contribution in [3.63, 3.8) is 0 Å². The van der Waals surface area contributed by atoms with Crippen LogP contribution in [0.5, 0.6) is 0 Å². The van der Waals surface area contributed by atoms with Gasteiger partial charge in [0, 0.05) is 29.7 Å². The first kappa shape index (κ1) is 21.4. The second-order valence-corrected chi connectivity index (χ2v) is 9.42. The van der Waals surface area contributed by atoms with E-state index < -0.39 is 10.0 Å². The van der Waals surface area contributed by atoms with Gasteiger partial charge in [-0.15, -0.1) is 0 Å². The van der Waals surface area contributed by atoms with Gasteiger partial charge in [0.1, 0.15) is 0 Å². The van der Waals surface area contributed by atoms with Crippen LogP contribution in [-0.4, -0.2) is 27.4 Å². The van der Waals surface area contributed by atoms with Crippen LogP contribution in [0.1, 0.15) is 58.4 Å². The molecule has 0 radical (unpaired) electrons. The molecule has 2 rings (SSSR count). The van der Waals surface area contributed by atoms with Crippen LogP contribution in [0.2, 0.25) is 0 Å². The van der Waals surface area contributed by atoms with Crippen molar-refractivity contribution in [2.75, 3.05) is 18.0 Å². The van der Waals surface area contributed by atoms with Crippen molar-refractivity contribution in [3.05, 3.63) is 22.2 Å². The van der Waals surface area contributed by atoms with Gasteiger partial charge < -0.3 is 4.90 Å². The fourth-order valence-corrected chi connectivity index (χ4v) is 5.52. The minimum Gasteiger partial charge on any atom is -0.312 e. The molecule has 1 unspecified atom stereocenters. The molecular formula is C19H29BrN2O3S. The lowest BCUT2D eigenvalue weighted by molar-refractivity contribution is -0.118. The highest BCUT2D eigenvalue weighted by molar-refractivity contribution is 9.10. The number of carbonyl (C=O) groups is 1. The number of rotatable bonds is 9. The number of amides is 1. The molecule has 7 heteroatoms. The fourth-order valence-electron chi connectivity index (χ4n) is 3.29. The summed E-state index contributed by atoms with van der Waals surface area (Å²) in [5.41, 5.74) is 1.73. The number of anilines is 1. The Kier molecular flexibility index (Phi) is 7.67. The minimum absolute atomic E-state index is 0.0213. The molecule has 0 bridgehead atoms. The summed E-state index contributed by atoms with van der Waals surface area (Å²) in [6.45, 7) is 7.11. The zero-order valence-corrected chi connectivity index (χ0v) is 18.2. The Morgan fingerprint density at radius 3 is 2.65 bits per heavy atom. The summed E-state index contributed by atoms with van der Waals surface area (Å²) in [4.78, 5) is 14.0. The standard InChI is InChI=1S/C19H29BrN2O3S/c1-4-7-8-14(5-2)13-21-26(24,25)18-12-17-15(11-16(18)20)9-10-22(17)19(23)6-3/h11-12,14,21H,4-10,13H2,1-3H3. The van der Waals surface area contributed by atoms with E-state index in [1.165, 1.54) is 0 Å². The number of unbranched alkanes of at least 4 members (excludes halogenated alkanes) is 1. The number of sulfonamides is 1. The number of hydrogen-bond acceptors (Lipinski definition) is 3. The highest BCUT2D eigenvalue weighted by Gasteiger charge is 2.28. The Morgan fingerprint density at radius 1 is 1.31 bits per heavy atom. The van der Waals surface area contributed by atoms with E-state index in [-0.39, 0.29) is 10.8 Å². The second kappa shape index (κ2) is 9.33. The predicted octanol–water partition coefficient (Wildman–Crippen LogP) is 4.24. The highest BCUT2D eigenvalue weighted by atomic mass is 79.9. The van der Waals surface area contributed by atoms with E-state index in [4.69, 9.17) is 0 Å². The van der Waals surface area contributed by atoms with Crippen LogP contribution in [-0.2, 0) is 21.2 Å². The van der Waals surface area contributed by atoms with E-state index in [0.717, 1.165) is 43.4 Å². The summed E-state index contributed by atoms with van der Waals surface area (Å²) in [5, 5.41) is 0. The summed E-state index contributed by atoms with van der Waals surface area (Å²) in [7, 11) is -3.63. The number of nitrogens with one attached hydrogen (secondary N) is 1. The molecule has 1 aromatic rings. The van der Waals surface area contributed by atoms with Gasteiger partial charge in [-0.3, -0.25) is 4.79 Å². The maximum atomic E-state index is 12.8. The first-order valence-electron chi connectivity index (χ1n) is 9.46. The summed E-state index contributed by atoms with van der Waals surface area (Å²) in [5.74, 6) is 0.365. The molecule has 1 heterocycles. The molecule has 26 heavy (non-hydrogen) atoms. The van der Waals surface area contributed by atoms with Crippen LogP contribution in [0.25, 0.3) is 0 Å². The maximum absolute atomic E-state index is 12.8. The number of carbonyl (C=O) groups excluding carboxylic acids is 1. The topological polar surface area (TPSA) is 66.5 Å². The largest absolute Gasteiger partial charge is 0.312 e. The first-order valence-corrected chi connectivity index (χ1v) is 11.7. The summed E-state index contributed by atoms with van der Waals surface area (Å²) in [6.07, 6.45) is 5.36. The Morgan fingerprint density at radius 2 is 2.04 bits per heavy atom. The van der Waals surface area contributed by atoms with E-state index in [1.807, 2.05) is 13.0 Å². The molecular weight excluding hydrogens is 416 g/mol. The smallest absolute Gasteiger partial charge is 0.241 e. The van der Waals surface area contributed by atoms with E-state index in [9.17, 15) is 13.2 Å². The predicted molar refractivity (Wildman–Crippen MR) is 109 cm³/mol. The van der Waals surface area contributed by atoms with Crippen molar-refractivity contribution in [3.8, 4) is 0 Å². The van der Waals surface area contributed by atoms with Gasteiger partial charge in [-0.1, -0.05) is 40.0 Å². The zero-order chi connectivity index (χ0) is 19.3. The lowest BCUT2D eigenvalue weighted by atomic mass is 10.00. The fraction of sp³-hybridized carbons (Fsp3) is 0.632. The van der Waals surface area contributed by atoms with Gasteiger partial charge in [0.2, 0.25) is 15.9 Å². The van der Waals surface area contributed by atoms with Gasteiger partial charge in [0.25, 0.3) is 0 Å².